The van der Waals surface area contributed by atoms with Gasteiger partial charge in [0.15, 0.2) is 0 Å². The second-order valence-electron chi connectivity index (χ2n) is 4.85. The van der Waals surface area contributed by atoms with Crippen LogP contribution in [0.2, 0.25) is 0 Å². The predicted octanol–water partition coefficient (Wildman–Crippen LogP) is 3.50. The number of fused-ring (bicyclic) bond motifs is 1. The number of H-pyrrole nitrogens is 1. The van der Waals surface area contributed by atoms with E-state index in [0.717, 1.165) is 33.1 Å². The highest BCUT2D eigenvalue weighted by Crippen LogP contribution is 2.24. The van der Waals surface area contributed by atoms with Gasteiger partial charge >= 0.3 is 0 Å². The lowest BCUT2D eigenvalue weighted by Crippen LogP contribution is -2.08. The zero-order valence-corrected chi connectivity index (χ0v) is 12.7. The van der Waals surface area contributed by atoms with Crippen LogP contribution in [-0.2, 0) is 11.3 Å². The van der Waals surface area contributed by atoms with Crippen LogP contribution >= 0.6 is 11.3 Å². The van der Waals surface area contributed by atoms with Crippen molar-refractivity contribution in [1.82, 2.24) is 9.97 Å². The lowest BCUT2D eigenvalue weighted by molar-refractivity contribution is -0.114. The largest absolute Gasteiger partial charge is 0.380 e. The molecule has 3 aromatic rings. The molecule has 2 aromatic heterocycles. The molecule has 1 amide bonds. The van der Waals surface area contributed by atoms with Crippen LogP contribution in [0.3, 0.4) is 0 Å². The molecule has 2 heterocycles. The fraction of sp³-hybridized carbons (Fsp3) is 0.200. The molecule has 0 aliphatic heterocycles. The van der Waals surface area contributed by atoms with E-state index >= 15 is 0 Å². The molecule has 0 radical (unpaired) electrons. The number of anilines is 2. The fourth-order valence-corrected chi connectivity index (χ4v) is 2.98. The second-order valence-corrected chi connectivity index (χ2v) is 5.85. The Balaban J connectivity index is 1.74. The van der Waals surface area contributed by atoms with Crippen LogP contribution in [0.15, 0.2) is 29.6 Å². The van der Waals surface area contributed by atoms with Crippen molar-refractivity contribution >= 4 is 39.7 Å². The summed E-state index contributed by atoms with van der Waals surface area (Å²) in [6.07, 6.45) is 0. The number of nitrogens with one attached hydrogen (secondary N) is 3. The number of imidazole rings is 1. The minimum atomic E-state index is -0.0518. The lowest BCUT2D eigenvalue weighted by atomic mass is 10.2. The maximum atomic E-state index is 11.1. The average molecular weight is 300 g/mol. The Kier molecular flexibility index (Phi) is 3.62. The monoisotopic (exact) mass is 300 g/mol. The Hall–Kier alpha value is -2.34. The number of thiophene rings is 1. The molecule has 1 aromatic carbocycles. The van der Waals surface area contributed by atoms with Gasteiger partial charge in [-0.1, -0.05) is 0 Å². The third kappa shape index (κ3) is 3.05. The minimum Gasteiger partial charge on any atom is -0.380 e. The molecule has 0 aliphatic carbocycles. The molecule has 108 valence electrons. The second kappa shape index (κ2) is 5.57. The maximum Gasteiger partial charge on any atom is 0.221 e. The number of hydrogen-bond donors (Lipinski definition) is 3. The quantitative estimate of drug-likeness (QED) is 0.690. The number of amides is 1. The van der Waals surface area contributed by atoms with Gasteiger partial charge in [0.25, 0.3) is 0 Å². The van der Waals surface area contributed by atoms with E-state index < -0.39 is 0 Å². The van der Waals surface area contributed by atoms with Crippen molar-refractivity contribution in [2.75, 3.05) is 10.6 Å². The summed E-state index contributed by atoms with van der Waals surface area (Å²) in [6, 6.07) is 7.96. The highest BCUT2D eigenvalue weighted by atomic mass is 32.1. The van der Waals surface area contributed by atoms with Gasteiger partial charge in [-0.05, 0) is 36.6 Å². The smallest absolute Gasteiger partial charge is 0.221 e. The van der Waals surface area contributed by atoms with E-state index in [-0.39, 0.29) is 5.91 Å². The molecule has 5 nitrogen and oxygen atoms in total. The van der Waals surface area contributed by atoms with Crippen LogP contribution in [0.4, 0.5) is 11.4 Å². The molecule has 0 saturated carbocycles. The summed E-state index contributed by atoms with van der Waals surface area (Å²) in [4.78, 5) is 19.9. The van der Waals surface area contributed by atoms with Gasteiger partial charge in [0.05, 0.1) is 23.3 Å². The average Bonchev–Trinajstić information content (AvgIpc) is 3.00. The van der Waals surface area contributed by atoms with E-state index in [1.165, 1.54) is 6.92 Å². The molecule has 0 atom stereocenters. The van der Waals surface area contributed by atoms with Crippen LogP contribution in [0.1, 0.15) is 17.6 Å². The first-order chi connectivity index (χ1) is 10.1. The first-order valence-corrected chi connectivity index (χ1v) is 7.54. The zero-order chi connectivity index (χ0) is 14.8. The van der Waals surface area contributed by atoms with Crippen molar-refractivity contribution in [3.8, 4) is 0 Å². The van der Waals surface area contributed by atoms with Gasteiger partial charge in [-0.25, -0.2) is 4.98 Å². The van der Waals surface area contributed by atoms with Gasteiger partial charge in [0.2, 0.25) is 5.91 Å². The number of hydrogen-bond acceptors (Lipinski definition) is 4. The van der Waals surface area contributed by atoms with E-state index in [0.29, 0.717) is 6.54 Å². The summed E-state index contributed by atoms with van der Waals surface area (Å²) in [5, 5.41) is 8.19. The van der Waals surface area contributed by atoms with Gasteiger partial charge in [-0.2, -0.15) is 0 Å². The van der Waals surface area contributed by atoms with E-state index in [1.54, 1.807) is 11.3 Å². The molecular formula is C15H16N4OS. The molecule has 6 heteroatoms. The number of rotatable bonds is 4. The highest BCUT2D eigenvalue weighted by molar-refractivity contribution is 7.10. The van der Waals surface area contributed by atoms with Crippen molar-refractivity contribution in [2.24, 2.45) is 0 Å². The molecule has 0 spiro atoms. The van der Waals surface area contributed by atoms with Gasteiger partial charge in [-0.15, -0.1) is 11.3 Å². The van der Waals surface area contributed by atoms with Gasteiger partial charge in [-0.3, -0.25) is 4.79 Å². The van der Waals surface area contributed by atoms with E-state index in [1.807, 2.05) is 36.6 Å². The van der Waals surface area contributed by atoms with Crippen molar-refractivity contribution < 1.29 is 4.79 Å². The van der Waals surface area contributed by atoms with Gasteiger partial charge in [0.1, 0.15) is 5.82 Å². The molecule has 0 fully saturated rings. The summed E-state index contributed by atoms with van der Waals surface area (Å²) in [6.45, 7) is 4.13. The summed E-state index contributed by atoms with van der Waals surface area (Å²) < 4.78 is 0. The van der Waals surface area contributed by atoms with Crippen molar-refractivity contribution in [2.45, 2.75) is 20.4 Å². The Morgan fingerprint density at radius 3 is 3.05 bits per heavy atom. The van der Waals surface area contributed by atoms with Crippen LogP contribution in [-0.4, -0.2) is 15.9 Å². The number of benzene rings is 1. The first-order valence-electron chi connectivity index (χ1n) is 6.66. The van der Waals surface area contributed by atoms with E-state index in [9.17, 15) is 4.79 Å². The Morgan fingerprint density at radius 1 is 1.38 bits per heavy atom. The molecule has 0 saturated heterocycles. The fourth-order valence-electron chi connectivity index (χ4n) is 2.21. The molecule has 21 heavy (non-hydrogen) atoms. The van der Waals surface area contributed by atoms with Crippen molar-refractivity contribution in [3.63, 3.8) is 0 Å². The normalized spacial score (nSPS) is 10.8. The predicted molar refractivity (Wildman–Crippen MR) is 86.8 cm³/mol. The van der Waals surface area contributed by atoms with Gasteiger partial charge in [0, 0.05) is 17.5 Å². The Morgan fingerprint density at radius 2 is 2.24 bits per heavy atom. The number of carbonyl (C=O) groups is 1. The van der Waals surface area contributed by atoms with E-state index in [4.69, 9.17) is 0 Å². The Bertz CT molecular complexity index is 790. The minimum absolute atomic E-state index is 0.0518. The van der Waals surface area contributed by atoms with Crippen LogP contribution < -0.4 is 10.6 Å². The summed E-state index contributed by atoms with van der Waals surface area (Å²) >= 11 is 1.62. The van der Waals surface area contributed by atoms with Crippen LogP contribution in [0, 0.1) is 6.92 Å². The van der Waals surface area contributed by atoms with Crippen molar-refractivity contribution in [3.05, 3.63) is 40.3 Å². The summed E-state index contributed by atoms with van der Waals surface area (Å²) in [5.74, 6) is 0.859. The highest BCUT2D eigenvalue weighted by Gasteiger charge is 2.06. The van der Waals surface area contributed by atoms with Crippen molar-refractivity contribution in [1.29, 1.82) is 0 Å². The molecule has 0 bridgehead atoms. The molecule has 0 aliphatic rings. The number of aromatic amines is 1. The zero-order valence-electron chi connectivity index (χ0n) is 11.9. The number of aryl methyl sites for hydroxylation is 1. The van der Waals surface area contributed by atoms with Crippen LogP contribution in [0.25, 0.3) is 11.0 Å². The molecule has 0 unspecified atom stereocenters. The first kappa shape index (κ1) is 13.6. The summed E-state index contributed by atoms with van der Waals surface area (Å²) in [5.41, 5.74) is 3.88. The van der Waals surface area contributed by atoms with Crippen LogP contribution in [0.5, 0.6) is 0 Å². The number of nitrogens with zero attached hydrogens (tertiary/aromatic N) is 1. The number of aromatic nitrogens is 2. The third-order valence-electron chi connectivity index (χ3n) is 3.11. The standard InChI is InChI=1S/C15H16N4OS/c1-9-17-12-4-3-11(7-14(12)18-9)16-8-15-13(5-6-21-15)19-10(2)20/h3-7,16H,8H2,1-2H3,(H,17,18)(H,19,20). The lowest BCUT2D eigenvalue weighted by Gasteiger charge is -2.07. The molecule has 3 N–H and O–H groups in total. The maximum absolute atomic E-state index is 11.1. The van der Waals surface area contributed by atoms with Gasteiger partial charge < -0.3 is 15.6 Å². The third-order valence-corrected chi connectivity index (χ3v) is 4.03. The number of carbonyl (C=O) groups excluding carboxylic acids is 1. The molecular weight excluding hydrogens is 284 g/mol. The summed E-state index contributed by atoms with van der Waals surface area (Å²) in [7, 11) is 0. The Labute approximate surface area is 126 Å². The molecule has 3 rings (SSSR count). The van der Waals surface area contributed by atoms with E-state index in [2.05, 4.69) is 20.6 Å². The topological polar surface area (TPSA) is 69.8 Å². The SMILES string of the molecule is CC(=O)Nc1ccsc1CNc1ccc2nc(C)[nH]c2c1.